The Balaban J connectivity index is 0.000000132. The van der Waals surface area contributed by atoms with Crippen LogP contribution in [0.4, 0.5) is 45.5 Å². The first-order valence-electron chi connectivity index (χ1n) is 17.7. The molecule has 3 aliphatic heterocycles. The topological polar surface area (TPSA) is 158 Å². The number of non-ortho nitro benzene ring substituents is 2. The fourth-order valence-electron chi connectivity index (χ4n) is 6.02. The molecule has 14 heteroatoms. The van der Waals surface area contributed by atoms with Crippen molar-refractivity contribution in [3.8, 4) is 17.2 Å². The molecule has 0 saturated heterocycles. The lowest BCUT2D eigenvalue weighted by Gasteiger charge is -2.31. The van der Waals surface area contributed by atoms with Crippen molar-refractivity contribution in [1.29, 1.82) is 0 Å². The number of benzene rings is 6. The predicted molar refractivity (Wildman–Crippen MR) is 228 cm³/mol. The average molecular weight is 867 g/mol. The van der Waals surface area contributed by atoms with E-state index in [9.17, 15) is 20.2 Å². The van der Waals surface area contributed by atoms with Gasteiger partial charge in [-0.2, -0.15) is 0 Å². The van der Waals surface area contributed by atoms with Crippen LogP contribution in [0.1, 0.15) is 0 Å². The van der Waals surface area contributed by atoms with Gasteiger partial charge in [-0.25, -0.2) is 0 Å². The fraction of sp³-hybridized carbons (Fsp3) is 0.143. The molecule has 13 nitrogen and oxygen atoms in total. The summed E-state index contributed by atoms with van der Waals surface area (Å²) >= 11 is 2.03. The lowest BCUT2D eigenvalue weighted by molar-refractivity contribution is -0.385. The molecule has 3 N–H and O–H groups in total. The minimum absolute atomic E-state index is 0.0986. The molecule has 0 aromatic heterocycles. The van der Waals surface area contributed by atoms with Crippen LogP contribution in [0.3, 0.4) is 0 Å². The van der Waals surface area contributed by atoms with Crippen LogP contribution in [0.15, 0.2) is 146 Å². The van der Waals surface area contributed by atoms with E-state index in [1.807, 2.05) is 125 Å². The van der Waals surface area contributed by atoms with Gasteiger partial charge in [-0.1, -0.05) is 54.6 Å². The lowest BCUT2D eigenvalue weighted by Crippen LogP contribution is -2.28. The van der Waals surface area contributed by atoms with Crippen LogP contribution < -0.4 is 35.1 Å². The third-order valence-electron chi connectivity index (χ3n) is 8.57. The maximum absolute atomic E-state index is 10.8. The predicted octanol–water partition coefficient (Wildman–Crippen LogP) is 9.61. The number of para-hydroxylation sites is 6. The van der Waals surface area contributed by atoms with Crippen LogP contribution in [-0.4, -0.2) is 49.3 Å². The van der Waals surface area contributed by atoms with Gasteiger partial charge in [0.25, 0.3) is 11.4 Å². The van der Waals surface area contributed by atoms with Crippen LogP contribution >= 0.6 is 22.6 Å². The van der Waals surface area contributed by atoms with Gasteiger partial charge in [-0.15, -0.1) is 0 Å². The zero-order valence-corrected chi connectivity index (χ0v) is 32.4. The van der Waals surface area contributed by atoms with Crippen molar-refractivity contribution in [1.82, 2.24) is 0 Å². The number of nitrogens with zero attached hydrogens (tertiary/aromatic N) is 4. The molecule has 0 amide bonds. The van der Waals surface area contributed by atoms with E-state index in [1.165, 1.54) is 18.2 Å². The highest BCUT2D eigenvalue weighted by molar-refractivity contribution is 14.1. The number of hydrogen-bond acceptors (Lipinski definition) is 11. The maximum Gasteiger partial charge on any atom is 0.271 e. The van der Waals surface area contributed by atoms with Crippen molar-refractivity contribution in [3.05, 3.63) is 169 Å². The van der Waals surface area contributed by atoms with Gasteiger partial charge in [-0.3, -0.25) is 20.2 Å². The Morgan fingerprint density at radius 2 is 1.07 bits per heavy atom. The summed E-state index contributed by atoms with van der Waals surface area (Å²) in [6, 6.07) is 44.8. The lowest BCUT2D eigenvalue weighted by atomic mass is 10.2. The number of nitro groups is 2. The molecule has 0 fully saturated rings. The van der Waals surface area contributed by atoms with Crippen LogP contribution in [0.5, 0.6) is 17.2 Å². The molecule has 56 heavy (non-hydrogen) atoms. The molecule has 3 heterocycles. The van der Waals surface area contributed by atoms with E-state index >= 15 is 0 Å². The Hall–Kier alpha value is -6.55. The van der Waals surface area contributed by atoms with Gasteiger partial charge in [0.1, 0.15) is 37.1 Å². The number of rotatable bonds is 4. The molecule has 286 valence electrons. The van der Waals surface area contributed by atoms with Crippen LogP contribution in [0, 0.1) is 23.8 Å². The number of nitro benzene ring substituents is 2. The molecule has 0 unspecified atom stereocenters. The molecule has 0 aliphatic carbocycles. The summed E-state index contributed by atoms with van der Waals surface area (Å²) < 4.78 is 17.5. The molecule has 0 radical (unpaired) electrons. The van der Waals surface area contributed by atoms with Crippen LogP contribution in [0.2, 0.25) is 0 Å². The molecule has 3 aliphatic rings. The molecular formula is C42H39IN6O7. The van der Waals surface area contributed by atoms with Crippen molar-refractivity contribution in [2.45, 2.75) is 0 Å². The van der Waals surface area contributed by atoms with Gasteiger partial charge in [0.15, 0.2) is 0 Å². The van der Waals surface area contributed by atoms with Crippen molar-refractivity contribution >= 4 is 68.1 Å². The molecule has 9 rings (SSSR count). The first-order chi connectivity index (χ1) is 27.3. The average Bonchev–Trinajstić information content (AvgIpc) is 3.24. The number of nitrogens with one attached hydrogen (secondary N) is 1. The summed E-state index contributed by atoms with van der Waals surface area (Å²) in [5.74, 6) is 2.70. The molecule has 6 aromatic rings. The normalized spacial score (nSPS) is 13.2. The van der Waals surface area contributed by atoms with Gasteiger partial charge in [0.05, 0.1) is 40.0 Å². The largest absolute Gasteiger partial charge is 0.490 e. The number of nitrogens with two attached hydrogens (primary N) is 1. The van der Waals surface area contributed by atoms with Gasteiger partial charge < -0.3 is 35.1 Å². The number of fused-ring (bicyclic) bond motifs is 3. The van der Waals surface area contributed by atoms with Crippen LogP contribution in [-0.2, 0) is 0 Å². The summed E-state index contributed by atoms with van der Waals surface area (Å²) in [5, 5.41) is 24.2. The van der Waals surface area contributed by atoms with Crippen molar-refractivity contribution in [2.75, 3.05) is 60.3 Å². The standard InChI is InChI=1S/C14H12N2O3.C14H14N2O.C8H9NO.C6H4INO2/c17-16(18)12-5-3-4-11(10-12)15-8-9-19-14-7-2-1-6-13(14)15;15-11-4-3-5-12(10-11)16-8-9-17-14-7-2-1-6-13(14)16;1-2-4-8-7(3-1)9-5-6-10-8;7-5-2-1-3-6(4-5)8(9)10/h1-7,10H,8-9H2;1-7,10H,8-9,15H2;1-4,9H,5-6H2;1-4H. The fourth-order valence-corrected chi connectivity index (χ4v) is 6.54. The second-order valence-electron chi connectivity index (χ2n) is 12.3. The first-order valence-corrected chi connectivity index (χ1v) is 18.8. The summed E-state index contributed by atoms with van der Waals surface area (Å²) in [5.41, 5.74) is 11.9. The van der Waals surface area contributed by atoms with E-state index in [0.29, 0.717) is 19.8 Å². The van der Waals surface area contributed by atoms with E-state index in [2.05, 4.69) is 22.3 Å². The quantitative estimate of drug-likeness (QED) is 0.0752. The van der Waals surface area contributed by atoms with E-state index < -0.39 is 4.92 Å². The van der Waals surface area contributed by atoms with E-state index in [1.54, 1.807) is 18.2 Å². The zero-order chi connectivity index (χ0) is 39.3. The van der Waals surface area contributed by atoms with Gasteiger partial charge in [0, 0.05) is 51.4 Å². The maximum atomic E-state index is 10.8. The highest BCUT2D eigenvalue weighted by Gasteiger charge is 2.21. The van der Waals surface area contributed by atoms with Crippen molar-refractivity contribution in [2.24, 2.45) is 0 Å². The molecule has 6 aromatic carbocycles. The van der Waals surface area contributed by atoms with E-state index in [0.717, 1.165) is 74.6 Å². The zero-order valence-electron chi connectivity index (χ0n) is 30.2. The Kier molecular flexibility index (Phi) is 13.4. The second kappa shape index (κ2) is 19.2. The van der Waals surface area contributed by atoms with Crippen LogP contribution in [0.25, 0.3) is 0 Å². The van der Waals surface area contributed by atoms with Gasteiger partial charge in [-0.05, 0) is 89.3 Å². The molecular weight excluding hydrogens is 827 g/mol. The minimum Gasteiger partial charge on any atom is -0.490 e. The van der Waals surface area contributed by atoms with E-state index in [-0.39, 0.29) is 16.3 Å². The number of anilines is 6. The number of halogens is 1. The van der Waals surface area contributed by atoms with E-state index in [4.69, 9.17) is 19.9 Å². The molecule has 0 bridgehead atoms. The first kappa shape index (κ1) is 39.2. The third-order valence-corrected chi connectivity index (χ3v) is 9.24. The smallest absolute Gasteiger partial charge is 0.271 e. The second-order valence-corrected chi connectivity index (χ2v) is 13.6. The van der Waals surface area contributed by atoms with Crippen molar-refractivity contribution in [3.63, 3.8) is 0 Å². The third kappa shape index (κ3) is 10.4. The summed E-state index contributed by atoms with van der Waals surface area (Å²) in [7, 11) is 0. The summed E-state index contributed by atoms with van der Waals surface area (Å²) in [6.45, 7) is 4.48. The van der Waals surface area contributed by atoms with Gasteiger partial charge >= 0.3 is 0 Å². The van der Waals surface area contributed by atoms with Crippen molar-refractivity contribution < 1.29 is 24.1 Å². The Morgan fingerprint density at radius 3 is 1.62 bits per heavy atom. The molecule has 0 saturated carbocycles. The highest BCUT2D eigenvalue weighted by Crippen LogP contribution is 2.38. The monoisotopic (exact) mass is 866 g/mol. The minimum atomic E-state index is -0.401. The van der Waals surface area contributed by atoms with Gasteiger partial charge in [0.2, 0.25) is 0 Å². The Morgan fingerprint density at radius 1 is 0.571 bits per heavy atom. The SMILES string of the molecule is Nc1cccc(N2CCOc3ccccc32)c1.O=[N+]([O-])c1cccc(I)c1.O=[N+]([O-])c1cccc(N2CCOc3ccccc32)c1.c1ccc2c(c1)NCCO2. The highest BCUT2D eigenvalue weighted by atomic mass is 127. The number of nitrogen functional groups attached to an aromatic ring is 1. The Bertz CT molecular complexity index is 2250. The molecule has 0 atom stereocenters. The summed E-state index contributed by atoms with van der Waals surface area (Å²) in [4.78, 5) is 24.5. The Labute approximate surface area is 337 Å². The number of hydrogen-bond donors (Lipinski definition) is 2. The molecule has 0 spiro atoms. The summed E-state index contributed by atoms with van der Waals surface area (Å²) in [6.07, 6.45) is 0. The number of ether oxygens (including phenoxy) is 3.